The largest absolute Gasteiger partial charge is 0.309 e. The third-order valence-corrected chi connectivity index (χ3v) is 3.05. The lowest BCUT2D eigenvalue weighted by Crippen LogP contribution is -2.33. The molecule has 1 unspecified atom stereocenters. The Labute approximate surface area is 105 Å². The first-order valence-electron chi connectivity index (χ1n) is 6.63. The van der Waals surface area contributed by atoms with Gasteiger partial charge >= 0.3 is 0 Å². The Bertz CT molecular complexity index is 287. The van der Waals surface area contributed by atoms with Gasteiger partial charge in [-0.05, 0) is 38.1 Å². The highest BCUT2D eigenvalue weighted by Crippen LogP contribution is 2.08. The zero-order valence-corrected chi connectivity index (χ0v) is 11.3. The van der Waals surface area contributed by atoms with E-state index in [9.17, 15) is 0 Å². The van der Waals surface area contributed by atoms with Gasteiger partial charge < -0.3 is 10.2 Å². The van der Waals surface area contributed by atoms with E-state index in [0.29, 0.717) is 6.04 Å². The van der Waals surface area contributed by atoms with Crippen molar-refractivity contribution in [3.05, 3.63) is 30.1 Å². The van der Waals surface area contributed by atoms with Crippen molar-refractivity contribution >= 4 is 0 Å². The van der Waals surface area contributed by atoms with Crippen molar-refractivity contribution in [3.8, 4) is 0 Å². The Kier molecular flexibility index (Phi) is 6.82. The normalized spacial score (nSPS) is 12.9. The van der Waals surface area contributed by atoms with Crippen LogP contribution in [0.1, 0.15) is 38.8 Å². The van der Waals surface area contributed by atoms with Gasteiger partial charge in [-0.25, -0.2) is 0 Å². The smallest absolute Gasteiger partial charge is 0.0315 e. The lowest BCUT2D eigenvalue weighted by Gasteiger charge is -2.21. The Hall–Kier alpha value is -0.930. The number of nitrogens with one attached hydrogen (secondary N) is 1. The average Bonchev–Trinajstić information content (AvgIpc) is 2.38. The summed E-state index contributed by atoms with van der Waals surface area (Å²) >= 11 is 0. The third-order valence-electron chi connectivity index (χ3n) is 3.05. The van der Waals surface area contributed by atoms with Crippen LogP contribution in [0.25, 0.3) is 0 Å². The van der Waals surface area contributed by atoms with Crippen molar-refractivity contribution in [2.24, 2.45) is 0 Å². The van der Waals surface area contributed by atoms with E-state index in [1.54, 1.807) is 0 Å². The third kappa shape index (κ3) is 5.29. The van der Waals surface area contributed by atoms with E-state index in [0.717, 1.165) is 19.6 Å². The highest BCUT2D eigenvalue weighted by Gasteiger charge is 2.05. The Morgan fingerprint density at radius 1 is 1.35 bits per heavy atom. The number of rotatable bonds is 8. The molecule has 1 rings (SSSR count). The number of hydrogen-bond donors (Lipinski definition) is 1. The van der Waals surface area contributed by atoms with Gasteiger partial charge in [0.25, 0.3) is 0 Å². The molecule has 0 aliphatic rings. The van der Waals surface area contributed by atoms with Gasteiger partial charge in [0.2, 0.25) is 0 Å². The van der Waals surface area contributed by atoms with E-state index < -0.39 is 0 Å². The Balaban J connectivity index is 2.26. The van der Waals surface area contributed by atoms with Gasteiger partial charge in [0.15, 0.2) is 0 Å². The van der Waals surface area contributed by atoms with Gasteiger partial charge in [0.05, 0.1) is 0 Å². The summed E-state index contributed by atoms with van der Waals surface area (Å²) in [5.74, 6) is 0. The first kappa shape index (κ1) is 14.1. The Morgan fingerprint density at radius 3 is 2.76 bits per heavy atom. The summed E-state index contributed by atoms with van der Waals surface area (Å²) in [6.07, 6.45) is 4.98. The first-order chi connectivity index (χ1) is 8.27. The standard InChI is InChI=1S/C14H25N3/c1-4-10-17(5-2)11-9-16-13(3)14-7-6-8-15-12-14/h6-8,12-13,16H,4-5,9-11H2,1-3H3. The summed E-state index contributed by atoms with van der Waals surface area (Å²) in [5.41, 5.74) is 1.26. The second kappa shape index (κ2) is 8.20. The summed E-state index contributed by atoms with van der Waals surface area (Å²) in [7, 11) is 0. The quantitative estimate of drug-likeness (QED) is 0.750. The highest BCUT2D eigenvalue weighted by atomic mass is 15.1. The molecule has 0 aromatic carbocycles. The minimum atomic E-state index is 0.379. The van der Waals surface area contributed by atoms with Crippen LogP contribution < -0.4 is 5.32 Å². The van der Waals surface area contributed by atoms with Crippen LogP contribution in [0.5, 0.6) is 0 Å². The van der Waals surface area contributed by atoms with Gasteiger partial charge in [-0.2, -0.15) is 0 Å². The van der Waals surface area contributed by atoms with Gasteiger partial charge in [-0.3, -0.25) is 4.98 Å². The zero-order chi connectivity index (χ0) is 12.5. The van der Waals surface area contributed by atoms with Crippen molar-refractivity contribution < 1.29 is 0 Å². The highest BCUT2D eigenvalue weighted by molar-refractivity contribution is 5.12. The summed E-state index contributed by atoms with van der Waals surface area (Å²) in [5, 5.41) is 3.54. The molecule has 0 amide bonds. The molecular formula is C14H25N3. The maximum absolute atomic E-state index is 4.14. The topological polar surface area (TPSA) is 28.2 Å². The molecule has 0 saturated carbocycles. The molecule has 0 aliphatic heterocycles. The molecule has 0 radical (unpaired) electrons. The molecule has 96 valence electrons. The fourth-order valence-corrected chi connectivity index (χ4v) is 1.93. The van der Waals surface area contributed by atoms with Crippen LogP contribution in [0.4, 0.5) is 0 Å². The van der Waals surface area contributed by atoms with Crippen LogP contribution >= 0.6 is 0 Å². The summed E-state index contributed by atoms with van der Waals surface area (Å²) in [6.45, 7) is 11.1. The van der Waals surface area contributed by atoms with Crippen LogP contribution in [0.2, 0.25) is 0 Å². The SMILES string of the molecule is CCCN(CC)CCNC(C)c1cccnc1. The fraction of sp³-hybridized carbons (Fsp3) is 0.643. The van der Waals surface area contributed by atoms with Crippen molar-refractivity contribution in [1.29, 1.82) is 0 Å². The summed E-state index contributed by atoms with van der Waals surface area (Å²) in [6, 6.07) is 4.49. The molecule has 1 heterocycles. The van der Waals surface area contributed by atoms with Gasteiger partial charge in [-0.15, -0.1) is 0 Å². The fourth-order valence-electron chi connectivity index (χ4n) is 1.93. The van der Waals surface area contributed by atoms with Crippen LogP contribution in [0.15, 0.2) is 24.5 Å². The minimum absolute atomic E-state index is 0.379. The molecule has 3 nitrogen and oxygen atoms in total. The van der Waals surface area contributed by atoms with Crippen molar-refractivity contribution in [2.75, 3.05) is 26.2 Å². The van der Waals surface area contributed by atoms with Crippen LogP contribution in [-0.2, 0) is 0 Å². The van der Waals surface area contributed by atoms with Crippen molar-refractivity contribution in [3.63, 3.8) is 0 Å². The number of pyridine rings is 1. The predicted octanol–water partition coefficient (Wildman–Crippen LogP) is 2.46. The number of nitrogens with zero attached hydrogens (tertiary/aromatic N) is 2. The molecule has 0 aliphatic carbocycles. The average molecular weight is 235 g/mol. The number of aromatic nitrogens is 1. The molecule has 0 fully saturated rings. The van der Waals surface area contributed by atoms with E-state index in [1.165, 1.54) is 18.5 Å². The maximum atomic E-state index is 4.14. The lowest BCUT2D eigenvalue weighted by molar-refractivity contribution is 0.284. The van der Waals surface area contributed by atoms with E-state index in [1.807, 2.05) is 18.5 Å². The van der Waals surface area contributed by atoms with Crippen LogP contribution in [0, 0.1) is 0 Å². The van der Waals surface area contributed by atoms with Crippen molar-refractivity contribution in [2.45, 2.75) is 33.2 Å². The van der Waals surface area contributed by atoms with E-state index in [-0.39, 0.29) is 0 Å². The second-order valence-corrected chi connectivity index (χ2v) is 4.40. The van der Waals surface area contributed by atoms with Crippen molar-refractivity contribution in [1.82, 2.24) is 15.2 Å². The van der Waals surface area contributed by atoms with Gasteiger partial charge in [-0.1, -0.05) is 19.9 Å². The molecule has 0 spiro atoms. The van der Waals surface area contributed by atoms with Gasteiger partial charge in [0.1, 0.15) is 0 Å². The van der Waals surface area contributed by atoms with Gasteiger partial charge in [0, 0.05) is 31.5 Å². The summed E-state index contributed by atoms with van der Waals surface area (Å²) in [4.78, 5) is 6.62. The predicted molar refractivity (Wildman–Crippen MR) is 73.1 cm³/mol. The molecule has 17 heavy (non-hydrogen) atoms. The number of hydrogen-bond acceptors (Lipinski definition) is 3. The monoisotopic (exact) mass is 235 g/mol. The number of likely N-dealkylation sites (N-methyl/N-ethyl adjacent to an activating group) is 1. The Morgan fingerprint density at radius 2 is 2.18 bits per heavy atom. The van der Waals surface area contributed by atoms with Crippen LogP contribution in [-0.4, -0.2) is 36.1 Å². The lowest BCUT2D eigenvalue weighted by atomic mass is 10.1. The molecule has 3 heteroatoms. The zero-order valence-electron chi connectivity index (χ0n) is 11.3. The molecule has 1 aromatic heterocycles. The molecule has 1 atom stereocenters. The van der Waals surface area contributed by atoms with E-state index in [4.69, 9.17) is 0 Å². The first-order valence-corrected chi connectivity index (χ1v) is 6.63. The minimum Gasteiger partial charge on any atom is -0.309 e. The molecular weight excluding hydrogens is 210 g/mol. The van der Waals surface area contributed by atoms with E-state index in [2.05, 4.69) is 42.0 Å². The molecule has 0 saturated heterocycles. The second-order valence-electron chi connectivity index (χ2n) is 4.40. The molecule has 0 bridgehead atoms. The molecule has 1 aromatic rings. The van der Waals surface area contributed by atoms with E-state index >= 15 is 0 Å². The van der Waals surface area contributed by atoms with Crippen LogP contribution in [0.3, 0.4) is 0 Å². The molecule has 1 N–H and O–H groups in total. The summed E-state index contributed by atoms with van der Waals surface area (Å²) < 4.78 is 0. The maximum Gasteiger partial charge on any atom is 0.0315 e.